The van der Waals surface area contributed by atoms with Crippen LogP contribution in [-0.2, 0) is 11.2 Å². The Balaban J connectivity index is 2.33. The highest BCUT2D eigenvalue weighted by Gasteiger charge is 2.08. The monoisotopic (exact) mass is 227 g/mol. The van der Waals surface area contributed by atoms with Gasteiger partial charge in [0.1, 0.15) is 11.5 Å². The maximum absolute atomic E-state index is 11.4. The molecule has 0 aliphatic carbocycles. The fourth-order valence-electron chi connectivity index (χ4n) is 1.31. The third-order valence-electron chi connectivity index (χ3n) is 2.24. The first kappa shape index (κ1) is 12.2. The predicted octanol–water partition coefficient (Wildman–Crippen LogP) is 1.91. The van der Waals surface area contributed by atoms with Crippen molar-refractivity contribution in [2.75, 3.05) is 19.3 Å². The molecule has 3 nitrogen and oxygen atoms in total. The van der Waals surface area contributed by atoms with Gasteiger partial charge in [0, 0.05) is 26.4 Å². The summed E-state index contributed by atoms with van der Waals surface area (Å²) in [4.78, 5) is 13.1. The average molecular weight is 227 g/mol. The highest BCUT2D eigenvalue weighted by molar-refractivity contribution is 7.80. The molecule has 0 unspecified atom stereocenters. The molecule has 1 aromatic rings. The van der Waals surface area contributed by atoms with Gasteiger partial charge in [0.05, 0.1) is 0 Å². The average Bonchev–Trinajstić information content (AvgIpc) is 2.61. The first-order valence-electron chi connectivity index (χ1n) is 5.03. The van der Waals surface area contributed by atoms with Crippen LogP contribution in [0.4, 0.5) is 0 Å². The van der Waals surface area contributed by atoms with Gasteiger partial charge >= 0.3 is 0 Å². The molecule has 0 aliphatic rings. The van der Waals surface area contributed by atoms with Crippen molar-refractivity contribution in [2.24, 2.45) is 0 Å². The zero-order valence-electron chi connectivity index (χ0n) is 9.19. The number of aryl methyl sites for hydroxylation is 1. The molecule has 1 amide bonds. The fraction of sp³-hybridized carbons (Fsp3) is 0.545. The summed E-state index contributed by atoms with van der Waals surface area (Å²) in [6.45, 7) is 2.61. The van der Waals surface area contributed by atoms with Gasteiger partial charge in [-0.15, -0.1) is 0 Å². The molecular formula is C11H17NO2S. The van der Waals surface area contributed by atoms with E-state index in [9.17, 15) is 4.79 Å². The number of thiol groups is 1. The summed E-state index contributed by atoms with van der Waals surface area (Å²) < 4.78 is 5.42. The van der Waals surface area contributed by atoms with Crippen LogP contribution in [0.1, 0.15) is 17.9 Å². The van der Waals surface area contributed by atoms with Crippen molar-refractivity contribution in [3.63, 3.8) is 0 Å². The van der Waals surface area contributed by atoms with Gasteiger partial charge < -0.3 is 9.32 Å². The third-order valence-corrected chi connectivity index (χ3v) is 2.46. The van der Waals surface area contributed by atoms with E-state index < -0.39 is 0 Å². The summed E-state index contributed by atoms with van der Waals surface area (Å²) in [6.07, 6.45) is 1.26. The van der Waals surface area contributed by atoms with Crippen molar-refractivity contribution < 1.29 is 9.21 Å². The van der Waals surface area contributed by atoms with Crippen LogP contribution in [0, 0.1) is 6.92 Å². The Kier molecular flexibility index (Phi) is 4.75. The lowest BCUT2D eigenvalue weighted by Gasteiger charge is -2.15. The lowest BCUT2D eigenvalue weighted by molar-refractivity contribution is -0.129. The van der Waals surface area contributed by atoms with Crippen LogP contribution in [0.2, 0.25) is 0 Å². The minimum Gasteiger partial charge on any atom is -0.466 e. The molecule has 0 spiro atoms. The number of carbonyl (C=O) groups excluding carboxylic acids is 1. The number of furan rings is 1. The molecule has 0 fully saturated rings. The molecule has 0 aliphatic heterocycles. The van der Waals surface area contributed by atoms with E-state index in [4.69, 9.17) is 4.42 Å². The van der Waals surface area contributed by atoms with Gasteiger partial charge in [-0.05, 0) is 24.8 Å². The molecule has 0 N–H and O–H groups in total. The van der Waals surface area contributed by atoms with Gasteiger partial charge in [-0.2, -0.15) is 12.6 Å². The standard InChI is InChI=1S/C11H17NO2S/c1-9-3-4-10(14-9)5-7-12(2)11(13)6-8-15/h3-4,15H,5-8H2,1-2H3. The van der Waals surface area contributed by atoms with E-state index >= 15 is 0 Å². The van der Waals surface area contributed by atoms with Crippen molar-refractivity contribution >= 4 is 18.5 Å². The van der Waals surface area contributed by atoms with E-state index in [0.29, 0.717) is 18.7 Å². The van der Waals surface area contributed by atoms with E-state index in [2.05, 4.69) is 12.6 Å². The Morgan fingerprint density at radius 2 is 2.27 bits per heavy atom. The molecular weight excluding hydrogens is 210 g/mol. The van der Waals surface area contributed by atoms with Crippen molar-refractivity contribution in [1.29, 1.82) is 0 Å². The summed E-state index contributed by atoms with van der Waals surface area (Å²) in [5, 5.41) is 0. The molecule has 0 aromatic carbocycles. The molecule has 0 radical (unpaired) electrons. The molecule has 0 saturated carbocycles. The normalized spacial score (nSPS) is 10.3. The Morgan fingerprint density at radius 1 is 1.53 bits per heavy atom. The van der Waals surface area contributed by atoms with Crippen molar-refractivity contribution in [3.8, 4) is 0 Å². The maximum Gasteiger partial charge on any atom is 0.223 e. The second kappa shape index (κ2) is 5.85. The first-order chi connectivity index (χ1) is 7.13. The number of hydrogen-bond donors (Lipinski definition) is 1. The van der Waals surface area contributed by atoms with Gasteiger partial charge in [-0.3, -0.25) is 4.79 Å². The lowest BCUT2D eigenvalue weighted by atomic mass is 10.3. The lowest BCUT2D eigenvalue weighted by Crippen LogP contribution is -2.28. The Labute approximate surface area is 95.9 Å². The number of rotatable bonds is 5. The van der Waals surface area contributed by atoms with E-state index in [1.54, 1.807) is 4.90 Å². The molecule has 0 bridgehead atoms. The summed E-state index contributed by atoms with van der Waals surface area (Å²) in [7, 11) is 1.81. The highest BCUT2D eigenvalue weighted by atomic mass is 32.1. The summed E-state index contributed by atoms with van der Waals surface area (Å²) in [5.41, 5.74) is 0. The molecule has 1 rings (SSSR count). The molecule has 0 saturated heterocycles. The molecule has 15 heavy (non-hydrogen) atoms. The molecule has 4 heteroatoms. The molecule has 1 aromatic heterocycles. The SMILES string of the molecule is Cc1ccc(CCN(C)C(=O)CCS)o1. The zero-order valence-corrected chi connectivity index (χ0v) is 10.1. The van der Waals surface area contributed by atoms with Crippen molar-refractivity contribution in [2.45, 2.75) is 19.8 Å². The van der Waals surface area contributed by atoms with Gasteiger partial charge in [0.25, 0.3) is 0 Å². The molecule has 84 valence electrons. The number of carbonyl (C=O) groups is 1. The number of nitrogens with zero attached hydrogens (tertiary/aromatic N) is 1. The largest absolute Gasteiger partial charge is 0.466 e. The smallest absolute Gasteiger partial charge is 0.223 e. The van der Waals surface area contributed by atoms with Crippen molar-refractivity contribution in [1.82, 2.24) is 4.90 Å². The number of likely N-dealkylation sites (N-methyl/N-ethyl adjacent to an activating group) is 1. The summed E-state index contributed by atoms with van der Waals surface area (Å²) >= 11 is 4.03. The van der Waals surface area contributed by atoms with Gasteiger partial charge in [-0.1, -0.05) is 0 Å². The van der Waals surface area contributed by atoms with Crippen LogP contribution in [0.3, 0.4) is 0 Å². The summed E-state index contributed by atoms with van der Waals surface area (Å²) in [5.74, 6) is 2.57. The minimum atomic E-state index is 0.133. The number of hydrogen-bond acceptors (Lipinski definition) is 3. The number of amides is 1. The maximum atomic E-state index is 11.4. The van der Waals surface area contributed by atoms with Gasteiger partial charge in [0.2, 0.25) is 5.91 Å². The quantitative estimate of drug-likeness (QED) is 0.780. The molecule has 0 atom stereocenters. The Morgan fingerprint density at radius 3 is 2.80 bits per heavy atom. The van der Waals surface area contributed by atoms with Crippen LogP contribution in [0.5, 0.6) is 0 Å². The molecule has 1 heterocycles. The first-order valence-corrected chi connectivity index (χ1v) is 5.67. The topological polar surface area (TPSA) is 33.5 Å². The van der Waals surface area contributed by atoms with Crippen LogP contribution in [0.25, 0.3) is 0 Å². The highest BCUT2D eigenvalue weighted by Crippen LogP contribution is 2.07. The van der Waals surface area contributed by atoms with E-state index in [1.807, 2.05) is 26.1 Å². The van der Waals surface area contributed by atoms with Crippen LogP contribution in [0.15, 0.2) is 16.5 Å². The van der Waals surface area contributed by atoms with E-state index in [-0.39, 0.29) is 5.91 Å². The third kappa shape index (κ3) is 4.00. The van der Waals surface area contributed by atoms with E-state index in [0.717, 1.165) is 17.9 Å². The zero-order chi connectivity index (χ0) is 11.3. The minimum absolute atomic E-state index is 0.133. The van der Waals surface area contributed by atoms with Gasteiger partial charge in [-0.25, -0.2) is 0 Å². The van der Waals surface area contributed by atoms with Crippen LogP contribution >= 0.6 is 12.6 Å². The van der Waals surface area contributed by atoms with E-state index in [1.165, 1.54) is 0 Å². The second-order valence-electron chi connectivity index (χ2n) is 3.55. The second-order valence-corrected chi connectivity index (χ2v) is 4.00. The summed E-state index contributed by atoms with van der Waals surface area (Å²) in [6, 6.07) is 3.89. The van der Waals surface area contributed by atoms with Crippen LogP contribution < -0.4 is 0 Å². The van der Waals surface area contributed by atoms with Crippen LogP contribution in [-0.4, -0.2) is 30.2 Å². The fourth-order valence-corrected chi connectivity index (χ4v) is 1.50. The predicted molar refractivity (Wildman–Crippen MR) is 63.3 cm³/mol. The van der Waals surface area contributed by atoms with Gasteiger partial charge in [0.15, 0.2) is 0 Å². The Hall–Kier alpha value is -0.900. The van der Waals surface area contributed by atoms with Crippen molar-refractivity contribution in [3.05, 3.63) is 23.7 Å². The Bertz CT molecular complexity index is 322.